The van der Waals surface area contributed by atoms with E-state index in [9.17, 15) is 10.4 Å². The molecule has 0 amide bonds. The summed E-state index contributed by atoms with van der Waals surface area (Å²) in [6.45, 7) is 2.11. The van der Waals surface area contributed by atoms with E-state index in [2.05, 4.69) is 15.2 Å². The number of nitrogens with one attached hydrogen (secondary N) is 1. The highest BCUT2D eigenvalue weighted by Gasteiger charge is 2.29. The normalized spacial score (nSPS) is 21.4. The van der Waals surface area contributed by atoms with Crippen LogP contribution in [-0.2, 0) is 4.74 Å². The maximum Gasteiger partial charge on any atom is 0.171 e. The van der Waals surface area contributed by atoms with E-state index in [1.807, 2.05) is 19.1 Å². The standard InChI is InChI=1S/C14H13ClN4O2/c1-7-13(10(5-16)19-18-7)14-9(2-3-12(15)17-14)11-4-8(20)6-21-11/h2-3,8,11,20H,4,6H2,1H3,(H,18,19). The van der Waals surface area contributed by atoms with Gasteiger partial charge in [-0.2, -0.15) is 10.4 Å². The van der Waals surface area contributed by atoms with Gasteiger partial charge in [-0.3, -0.25) is 5.10 Å². The number of H-pyrrole nitrogens is 1. The molecule has 2 unspecified atom stereocenters. The molecular weight excluding hydrogens is 292 g/mol. The van der Waals surface area contributed by atoms with Crippen molar-refractivity contribution in [2.45, 2.75) is 25.6 Å². The minimum Gasteiger partial charge on any atom is -0.391 e. The Kier molecular flexibility index (Phi) is 3.64. The van der Waals surface area contributed by atoms with E-state index in [0.29, 0.717) is 29.4 Å². The van der Waals surface area contributed by atoms with Gasteiger partial charge < -0.3 is 9.84 Å². The first kappa shape index (κ1) is 14.0. The number of aliphatic hydroxyl groups excluding tert-OH is 1. The lowest BCUT2D eigenvalue weighted by atomic mass is 9.98. The number of nitrogens with zero attached hydrogens (tertiary/aromatic N) is 3. The molecule has 1 saturated heterocycles. The maximum atomic E-state index is 9.65. The van der Waals surface area contributed by atoms with Gasteiger partial charge in [0, 0.05) is 17.7 Å². The Balaban J connectivity index is 2.15. The zero-order chi connectivity index (χ0) is 15.0. The number of aryl methyl sites for hydroxylation is 1. The summed E-state index contributed by atoms with van der Waals surface area (Å²) in [5.74, 6) is 0. The lowest BCUT2D eigenvalue weighted by Gasteiger charge is -2.14. The molecule has 1 aliphatic heterocycles. The molecule has 6 nitrogen and oxygen atoms in total. The van der Waals surface area contributed by atoms with Gasteiger partial charge in [0.25, 0.3) is 0 Å². The topological polar surface area (TPSA) is 94.8 Å². The Morgan fingerprint density at radius 3 is 3.00 bits per heavy atom. The van der Waals surface area contributed by atoms with Gasteiger partial charge in [-0.05, 0) is 13.0 Å². The second-order valence-electron chi connectivity index (χ2n) is 4.97. The summed E-state index contributed by atoms with van der Waals surface area (Å²) in [5, 5.41) is 25.9. The molecule has 0 aliphatic carbocycles. The van der Waals surface area contributed by atoms with Crippen LogP contribution in [0.4, 0.5) is 0 Å². The third-order valence-corrected chi connectivity index (χ3v) is 3.72. The number of aliphatic hydroxyl groups is 1. The molecule has 2 aromatic heterocycles. The quantitative estimate of drug-likeness (QED) is 0.829. The summed E-state index contributed by atoms with van der Waals surface area (Å²) in [6, 6.07) is 5.54. The molecule has 3 rings (SSSR count). The summed E-state index contributed by atoms with van der Waals surface area (Å²) >= 11 is 6.00. The number of nitriles is 1. The van der Waals surface area contributed by atoms with Crippen molar-refractivity contribution in [3.63, 3.8) is 0 Å². The van der Waals surface area contributed by atoms with Gasteiger partial charge in [-0.15, -0.1) is 0 Å². The lowest BCUT2D eigenvalue weighted by Crippen LogP contribution is -2.04. The van der Waals surface area contributed by atoms with Crippen molar-refractivity contribution in [2.75, 3.05) is 6.61 Å². The molecule has 21 heavy (non-hydrogen) atoms. The predicted molar refractivity (Wildman–Crippen MR) is 75.6 cm³/mol. The third kappa shape index (κ3) is 2.51. The molecule has 0 bridgehead atoms. The predicted octanol–water partition coefficient (Wildman–Crippen LogP) is 2.13. The second kappa shape index (κ2) is 5.45. The Bertz CT molecular complexity index is 722. The summed E-state index contributed by atoms with van der Waals surface area (Å²) in [7, 11) is 0. The first-order valence-corrected chi connectivity index (χ1v) is 6.89. The van der Waals surface area contributed by atoms with Gasteiger partial charge in [0.05, 0.1) is 30.1 Å². The molecule has 0 spiro atoms. The van der Waals surface area contributed by atoms with Crippen molar-refractivity contribution in [1.82, 2.24) is 15.2 Å². The van der Waals surface area contributed by atoms with Crippen LogP contribution in [0, 0.1) is 18.3 Å². The summed E-state index contributed by atoms with van der Waals surface area (Å²) in [6.07, 6.45) is -0.255. The number of aromatic amines is 1. The zero-order valence-electron chi connectivity index (χ0n) is 11.3. The molecule has 1 fully saturated rings. The number of ether oxygens (including phenoxy) is 1. The Morgan fingerprint density at radius 1 is 1.52 bits per heavy atom. The van der Waals surface area contributed by atoms with Crippen molar-refractivity contribution in [3.8, 4) is 17.3 Å². The van der Waals surface area contributed by atoms with Crippen molar-refractivity contribution in [1.29, 1.82) is 5.26 Å². The highest BCUT2D eigenvalue weighted by molar-refractivity contribution is 6.29. The van der Waals surface area contributed by atoms with E-state index in [1.165, 1.54) is 0 Å². The Hall–Kier alpha value is -1.94. The highest BCUT2D eigenvalue weighted by atomic mass is 35.5. The van der Waals surface area contributed by atoms with Crippen LogP contribution in [0.3, 0.4) is 0 Å². The van der Waals surface area contributed by atoms with Crippen LogP contribution in [0.15, 0.2) is 12.1 Å². The SMILES string of the molecule is Cc1[nH]nc(C#N)c1-c1nc(Cl)ccc1C1CC(O)CO1. The molecule has 1 aliphatic rings. The first-order valence-electron chi connectivity index (χ1n) is 6.51. The minimum absolute atomic E-state index is 0.263. The number of hydrogen-bond acceptors (Lipinski definition) is 5. The van der Waals surface area contributed by atoms with E-state index in [0.717, 1.165) is 11.3 Å². The zero-order valence-corrected chi connectivity index (χ0v) is 12.1. The number of hydrogen-bond donors (Lipinski definition) is 2. The van der Waals surface area contributed by atoms with Crippen LogP contribution in [0.5, 0.6) is 0 Å². The minimum atomic E-state index is -0.487. The average molecular weight is 305 g/mol. The lowest BCUT2D eigenvalue weighted by molar-refractivity contribution is 0.0889. The summed E-state index contributed by atoms with van der Waals surface area (Å²) in [5.41, 5.74) is 3.00. The van der Waals surface area contributed by atoms with Crippen LogP contribution < -0.4 is 0 Å². The van der Waals surface area contributed by atoms with E-state index >= 15 is 0 Å². The average Bonchev–Trinajstić information content (AvgIpc) is 3.04. The van der Waals surface area contributed by atoms with Crippen molar-refractivity contribution >= 4 is 11.6 Å². The third-order valence-electron chi connectivity index (χ3n) is 3.51. The number of halogens is 1. The largest absolute Gasteiger partial charge is 0.391 e. The van der Waals surface area contributed by atoms with Gasteiger partial charge in [-0.1, -0.05) is 17.7 Å². The fraction of sp³-hybridized carbons (Fsp3) is 0.357. The molecule has 7 heteroatoms. The molecular formula is C14H13ClN4O2. The number of pyridine rings is 1. The fourth-order valence-corrected chi connectivity index (χ4v) is 2.68. The molecule has 2 aromatic rings. The van der Waals surface area contributed by atoms with Gasteiger partial charge in [-0.25, -0.2) is 4.98 Å². The smallest absolute Gasteiger partial charge is 0.171 e. The fourth-order valence-electron chi connectivity index (χ4n) is 2.53. The van der Waals surface area contributed by atoms with E-state index in [1.54, 1.807) is 6.07 Å². The van der Waals surface area contributed by atoms with Crippen molar-refractivity contribution in [2.24, 2.45) is 0 Å². The Labute approximate surface area is 126 Å². The monoisotopic (exact) mass is 304 g/mol. The molecule has 0 aromatic carbocycles. The second-order valence-corrected chi connectivity index (χ2v) is 5.35. The van der Waals surface area contributed by atoms with Gasteiger partial charge in [0.2, 0.25) is 0 Å². The van der Waals surface area contributed by atoms with Crippen LogP contribution >= 0.6 is 11.6 Å². The van der Waals surface area contributed by atoms with Crippen LogP contribution in [0.2, 0.25) is 5.15 Å². The number of rotatable bonds is 2. The summed E-state index contributed by atoms with van der Waals surface area (Å²) in [4.78, 5) is 4.35. The van der Waals surface area contributed by atoms with E-state index in [-0.39, 0.29) is 11.8 Å². The summed E-state index contributed by atoms with van der Waals surface area (Å²) < 4.78 is 5.60. The van der Waals surface area contributed by atoms with E-state index < -0.39 is 6.10 Å². The van der Waals surface area contributed by atoms with Gasteiger partial charge >= 0.3 is 0 Å². The van der Waals surface area contributed by atoms with Crippen molar-refractivity contribution < 1.29 is 9.84 Å². The van der Waals surface area contributed by atoms with Gasteiger partial charge in [0.1, 0.15) is 11.2 Å². The van der Waals surface area contributed by atoms with Gasteiger partial charge in [0.15, 0.2) is 5.69 Å². The first-order chi connectivity index (χ1) is 10.1. The number of aromatic nitrogens is 3. The van der Waals surface area contributed by atoms with Crippen molar-refractivity contribution in [3.05, 3.63) is 34.2 Å². The molecule has 3 heterocycles. The molecule has 108 valence electrons. The Morgan fingerprint density at radius 2 is 2.33 bits per heavy atom. The molecule has 2 atom stereocenters. The van der Waals surface area contributed by atoms with E-state index in [4.69, 9.17) is 16.3 Å². The van der Waals surface area contributed by atoms with Crippen LogP contribution in [-0.4, -0.2) is 33.0 Å². The van der Waals surface area contributed by atoms with Crippen LogP contribution in [0.1, 0.15) is 29.5 Å². The molecule has 0 saturated carbocycles. The van der Waals surface area contributed by atoms with Crippen LogP contribution in [0.25, 0.3) is 11.3 Å². The maximum absolute atomic E-state index is 9.65. The highest BCUT2D eigenvalue weighted by Crippen LogP contribution is 2.37. The molecule has 0 radical (unpaired) electrons. The molecule has 2 N–H and O–H groups in total.